The summed E-state index contributed by atoms with van der Waals surface area (Å²) < 4.78 is 5.33. The lowest BCUT2D eigenvalue weighted by Crippen LogP contribution is -2.29. The van der Waals surface area contributed by atoms with Crippen molar-refractivity contribution in [2.75, 3.05) is 0 Å². The van der Waals surface area contributed by atoms with Crippen molar-refractivity contribution in [3.05, 3.63) is 0 Å². The first-order chi connectivity index (χ1) is 5.12. The van der Waals surface area contributed by atoms with E-state index in [9.17, 15) is 0 Å². The van der Waals surface area contributed by atoms with Gasteiger partial charge < -0.3 is 9.94 Å². The second-order valence-corrected chi connectivity index (χ2v) is 4.23. The topological polar surface area (TPSA) is 45.1 Å². The van der Waals surface area contributed by atoms with Crippen LogP contribution in [0.15, 0.2) is 5.16 Å². The monoisotopic (exact) mass is 155 g/mol. The first-order valence-electron chi connectivity index (χ1n) is 3.99. The molecule has 2 fully saturated rings. The largest absolute Gasteiger partial charge is 0.411 e. The maximum atomic E-state index is 8.63. The van der Waals surface area contributed by atoms with Crippen LogP contribution in [0.5, 0.6) is 0 Å². The van der Waals surface area contributed by atoms with Gasteiger partial charge in [0.25, 0.3) is 0 Å². The zero-order valence-electron chi connectivity index (χ0n) is 6.87. The Morgan fingerprint density at radius 2 is 2.36 bits per heavy atom. The molecule has 0 radical (unpaired) electrons. The van der Waals surface area contributed by atoms with Crippen LogP contribution in [0.4, 0.5) is 0 Å². The molecule has 0 aromatic carbocycles. The second kappa shape index (κ2) is 1.97. The van der Waals surface area contributed by atoms with Crippen LogP contribution < -0.4 is 0 Å². The van der Waals surface area contributed by atoms with Gasteiger partial charge in [-0.05, 0) is 18.3 Å². The highest BCUT2D eigenvalue weighted by atomic mass is 16.6. The van der Waals surface area contributed by atoms with E-state index in [1.807, 2.05) is 0 Å². The molecule has 1 N–H and O–H groups in total. The van der Waals surface area contributed by atoms with Crippen molar-refractivity contribution < 1.29 is 9.94 Å². The van der Waals surface area contributed by atoms with Gasteiger partial charge in [-0.25, -0.2) is 0 Å². The minimum absolute atomic E-state index is 0.146. The maximum Gasteiger partial charge on any atom is 0.125 e. The molecule has 1 saturated carbocycles. The zero-order chi connectivity index (χ0) is 8.06. The summed E-state index contributed by atoms with van der Waals surface area (Å²) in [5.74, 6) is 0. The van der Waals surface area contributed by atoms with Gasteiger partial charge in [0, 0.05) is 0 Å². The van der Waals surface area contributed by atoms with E-state index in [1.165, 1.54) is 0 Å². The predicted octanol–water partition coefficient (Wildman–Crippen LogP) is 1.40. The summed E-state index contributed by atoms with van der Waals surface area (Å²) in [7, 11) is 0. The number of hydrogen-bond donors (Lipinski definition) is 1. The Bertz CT molecular complexity index is 210. The SMILES string of the molecule is CC1(C)CC(=NO)C2OC2C1. The number of nitrogens with zero attached hydrogens (tertiary/aromatic N) is 1. The molecule has 0 amide bonds. The molecular weight excluding hydrogens is 142 g/mol. The highest BCUT2D eigenvalue weighted by Gasteiger charge is 2.51. The summed E-state index contributed by atoms with van der Waals surface area (Å²) in [5.41, 5.74) is 1.07. The number of oxime groups is 1. The summed E-state index contributed by atoms with van der Waals surface area (Å²) in [6.45, 7) is 4.35. The average molecular weight is 155 g/mol. The van der Waals surface area contributed by atoms with Crippen LogP contribution in [0.25, 0.3) is 0 Å². The third kappa shape index (κ3) is 1.13. The molecular formula is C8H13NO2. The molecule has 0 bridgehead atoms. The Morgan fingerprint density at radius 3 is 3.00 bits per heavy atom. The normalized spacial score (nSPS) is 43.6. The summed E-state index contributed by atoms with van der Waals surface area (Å²) in [6.07, 6.45) is 2.44. The Labute approximate surface area is 66.0 Å². The quantitative estimate of drug-likeness (QED) is 0.326. The molecule has 1 aliphatic heterocycles. The van der Waals surface area contributed by atoms with Crippen LogP contribution in [-0.4, -0.2) is 23.1 Å². The molecule has 62 valence electrons. The van der Waals surface area contributed by atoms with Gasteiger partial charge in [-0.2, -0.15) is 0 Å². The number of rotatable bonds is 0. The van der Waals surface area contributed by atoms with Crippen molar-refractivity contribution >= 4 is 5.71 Å². The number of ether oxygens (including phenoxy) is 1. The van der Waals surface area contributed by atoms with Crippen molar-refractivity contribution in [2.24, 2.45) is 10.6 Å². The van der Waals surface area contributed by atoms with Gasteiger partial charge >= 0.3 is 0 Å². The fourth-order valence-corrected chi connectivity index (χ4v) is 1.89. The van der Waals surface area contributed by atoms with E-state index >= 15 is 0 Å². The highest BCUT2D eigenvalue weighted by molar-refractivity contribution is 5.92. The van der Waals surface area contributed by atoms with Crippen molar-refractivity contribution in [1.82, 2.24) is 0 Å². The Morgan fingerprint density at radius 1 is 1.64 bits per heavy atom. The Balaban J connectivity index is 2.16. The van der Waals surface area contributed by atoms with Crippen molar-refractivity contribution in [2.45, 2.75) is 38.9 Å². The fraction of sp³-hybridized carbons (Fsp3) is 0.875. The molecule has 1 heterocycles. The van der Waals surface area contributed by atoms with E-state index in [2.05, 4.69) is 19.0 Å². The molecule has 1 saturated heterocycles. The van der Waals surface area contributed by atoms with Crippen LogP contribution in [0.2, 0.25) is 0 Å². The van der Waals surface area contributed by atoms with Crippen molar-refractivity contribution in [3.8, 4) is 0 Å². The van der Waals surface area contributed by atoms with Gasteiger partial charge in [-0.1, -0.05) is 19.0 Å². The molecule has 0 aromatic rings. The minimum Gasteiger partial charge on any atom is -0.411 e. The van der Waals surface area contributed by atoms with E-state index in [0.29, 0.717) is 6.10 Å². The molecule has 0 aromatic heterocycles. The standard InChI is InChI=1S/C8H13NO2/c1-8(2)3-5(9-10)7-6(4-8)11-7/h6-7,10H,3-4H2,1-2H3. The number of hydrogen-bond acceptors (Lipinski definition) is 3. The van der Waals surface area contributed by atoms with E-state index in [4.69, 9.17) is 9.94 Å². The first-order valence-corrected chi connectivity index (χ1v) is 3.99. The Kier molecular flexibility index (Phi) is 1.27. The van der Waals surface area contributed by atoms with E-state index < -0.39 is 0 Å². The molecule has 2 atom stereocenters. The molecule has 3 nitrogen and oxygen atoms in total. The van der Waals surface area contributed by atoms with Crippen LogP contribution in [-0.2, 0) is 4.74 Å². The number of fused-ring (bicyclic) bond motifs is 1. The van der Waals surface area contributed by atoms with Crippen molar-refractivity contribution in [3.63, 3.8) is 0 Å². The predicted molar refractivity (Wildman–Crippen MR) is 40.9 cm³/mol. The summed E-state index contributed by atoms with van der Waals surface area (Å²) >= 11 is 0. The van der Waals surface area contributed by atoms with Crippen LogP contribution in [0, 0.1) is 5.41 Å². The molecule has 11 heavy (non-hydrogen) atoms. The highest BCUT2D eigenvalue weighted by Crippen LogP contribution is 2.44. The average Bonchev–Trinajstić information content (AvgIpc) is 2.62. The molecule has 2 unspecified atom stereocenters. The van der Waals surface area contributed by atoms with E-state index in [1.54, 1.807) is 0 Å². The van der Waals surface area contributed by atoms with Gasteiger partial charge in [-0.3, -0.25) is 0 Å². The van der Waals surface area contributed by atoms with Gasteiger partial charge in [0.1, 0.15) is 6.10 Å². The lowest BCUT2D eigenvalue weighted by molar-refractivity contribution is 0.284. The molecule has 1 aliphatic carbocycles. The van der Waals surface area contributed by atoms with Crippen LogP contribution >= 0.6 is 0 Å². The molecule has 0 spiro atoms. The molecule has 3 heteroatoms. The van der Waals surface area contributed by atoms with E-state index in [0.717, 1.165) is 18.6 Å². The first kappa shape index (κ1) is 7.10. The molecule has 2 aliphatic rings. The maximum absolute atomic E-state index is 8.63. The van der Waals surface area contributed by atoms with Crippen molar-refractivity contribution in [1.29, 1.82) is 0 Å². The van der Waals surface area contributed by atoms with Crippen LogP contribution in [0.1, 0.15) is 26.7 Å². The van der Waals surface area contributed by atoms with Gasteiger partial charge in [0.2, 0.25) is 0 Å². The fourth-order valence-electron chi connectivity index (χ4n) is 1.89. The Hall–Kier alpha value is -0.570. The number of epoxide rings is 1. The molecule has 2 rings (SSSR count). The minimum atomic E-state index is 0.146. The van der Waals surface area contributed by atoms with E-state index in [-0.39, 0.29) is 11.5 Å². The lowest BCUT2D eigenvalue weighted by Gasteiger charge is -2.26. The van der Waals surface area contributed by atoms with Gasteiger partial charge in [-0.15, -0.1) is 0 Å². The zero-order valence-corrected chi connectivity index (χ0v) is 6.87. The van der Waals surface area contributed by atoms with Gasteiger partial charge in [0.05, 0.1) is 11.8 Å². The summed E-state index contributed by atoms with van der Waals surface area (Å²) in [5, 5.41) is 11.9. The second-order valence-electron chi connectivity index (χ2n) is 4.23. The summed E-state index contributed by atoms with van der Waals surface area (Å²) in [6, 6.07) is 0. The van der Waals surface area contributed by atoms with Gasteiger partial charge in [0.15, 0.2) is 0 Å². The smallest absolute Gasteiger partial charge is 0.125 e. The van der Waals surface area contributed by atoms with Crippen LogP contribution in [0.3, 0.4) is 0 Å². The summed E-state index contributed by atoms with van der Waals surface area (Å²) in [4.78, 5) is 0. The third-order valence-corrected chi connectivity index (χ3v) is 2.45. The third-order valence-electron chi connectivity index (χ3n) is 2.45. The lowest BCUT2D eigenvalue weighted by atomic mass is 9.77.